The van der Waals surface area contributed by atoms with E-state index in [1.54, 1.807) is 20.8 Å². The van der Waals surface area contributed by atoms with E-state index >= 15 is 0 Å². The van der Waals surface area contributed by atoms with Gasteiger partial charge in [-0.05, 0) is 187 Å². The average Bonchev–Trinajstić information content (AvgIpc) is 3.02. The van der Waals surface area contributed by atoms with Gasteiger partial charge in [-0.25, -0.2) is 9.59 Å². The van der Waals surface area contributed by atoms with E-state index in [1.165, 1.54) is 64.2 Å². The van der Waals surface area contributed by atoms with Crippen LogP contribution in [0.25, 0.3) is 0 Å². The van der Waals surface area contributed by atoms with Crippen LogP contribution >= 0.6 is 0 Å². The summed E-state index contributed by atoms with van der Waals surface area (Å²) in [5, 5.41) is 0. The molecule has 8 heteroatoms. The van der Waals surface area contributed by atoms with Gasteiger partial charge in [0.15, 0.2) is 6.10 Å². The van der Waals surface area contributed by atoms with Crippen LogP contribution < -0.4 is 0 Å². The van der Waals surface area contributed by atoms with Crippen LogP contribution in [-0.2, 0) is 38.1 Å². The van der Waals surface area contributed by atoms with Crippen LogP contribution in [0, 0.1) is 58.2 Å². The molecular weight excluding hydrogens is 620 g/mol. The fourth-order valence-electron chi connectivity index (χ4n) is 10.3. The Labute approximate surface area is 295 Å². The van der Waals surface area contributed by atoms with Gasteiger partial charge in [0.1, 0.15) is 11.2 Å². The minimum atomic E-state index is -1.25. The van der Waals surface area contributed by atoms with Crippen molar-refractivity contribution in [2.75, 3.05) is 0 Å². The first-order valence-corrected chi connectivity index (χ1v) is 19.5. The Kier molecular flexibility index (Phi) is 10.5. The second kappa shape index (κ2) is 13.5. The van der Waals surface area contributed by atoms with E-state index < -0.39 is 34.1 Å². The molecule has 0 aromatic carbocycles. The maximum atomic E-state index is 12.9. The molecule has 49 heavy (non-hydrogen) atoms. The number of carbonyl (C=O) groups excluding carboxylic acids is 4. The van der Waals surface area contributed by atoms with Crippen molar-refractivity contribution in [3.8, 4) is 0 Å². The summed E-state index contributed by atoms with van der Waals surface area (Å²) in [7, 11) is 0. The molecule has 8 fully saturated rings. The van der Waals surface area contributed by atoms with Gasteiger partial charge in [-0.2, -0.15) is 0 Å². The third-order valence-electron chi connectivity index (χ3n) is 14.5. The highest BCUT2D eigenvalue weighted by Gasteiger charge is 2.59. The maximum absolute atomic E-state index is 12.9. The number of esters is 4. The zero-order chi connectivity index (χ0) is 36.3. The largest absolute Gasteiger partial charge is 0.456 e. The molecule has 8 aliphatic rings. The van der Waals surface area contributed by atoms with Crippen LogP contribution in [0.4, 0.5) is 0 Å². The first-order chi connectivity index (χ1) is 22.6. The van der Waals surface area contributed by atoms with Crippen molar-refractivity contribution in [2.24, 2.45) is 58.2 Å². The molecule has 0 aliphatic heterocycles. The zero-order valence-electron chi connectivity index (χ0n) is 32.4. The molecule has 0 N–H and O–H groups in total. The van der Waals surface area contributed by atoms with Crippen molar-refractivity contribution in [3.63, 3.8) is 0 Å². The first kappa shape index (κ1) is 38.1. The summed E-state index contributed by atoms with van der Waals surface area (Å²) >= 11 is 0. The molecular formula is C41H66O8. The van der Waals surface area contributed by atoms with Crippen LogP contribution in [0.2, 0.25) is 0 Å². The summed E-state index contributed by atoms with van der Waals surface area (Å²) in [6.45, 7) is 20.4. The van der Waals surface area contributed by atoms with E-state index in [0.29, 0.717) is 36.5 Å². The lowest BCUT2D eigenvalue weighted by molar-refractivity contribution is -0.221. The lowest BCUT2D eigenvalue weighted by Gasteiger charge is -2.59. The average molecular weight is 687 g/mol. The highest BCUT2D eigenvalue weighted by molar-refractivity contribution is 5.85. The Morgan fingerprint density at radius 3 is 1.29 bits per heavy atom. The molecule has 1 unspecified atom stereocenters. The molecule has 8 saturated carbocycles. The summed E-state index contributed by atoms with van der Waals surface area (Å²) in [6, 6.07) is 0. The van der Waals surface area contributed by atoms with Gasteiger partial charge in [-0.15, -0.1) is 0 Å². The van der Waals surface area contributed by atoms with Crippen LogP contribution in [0.1, 0.15) is 153 Å². The third-order valence-corrected chi connectivity index (χ3v) is 14.5. The number of ether oxygens (including phenoxy) is 4. The highest BCUT2D eigenvalue weighted by atomic mass is 16.6. The predicted octanol–water partition coefficient (Wildman–Crippen LogP) is 8.61. The summed E-state index contributed by atoms with van der Waals surface area (Å²) in [5.74, 6) is 3.75. The summed E-state index contributed by atoms with van der Waals surface area (Å²) in [6.07, 6.45) is 12.7. The predicted molar refractivity (Wildman–Crippen MR) is 187 cm³/mol. The first-order valence-electron chi connectivity index (χ1n) is 19.5. The van der Waals surface area contributed by atoms with Gasteiger partial charge in [0.25, 0.3) is 0 Å². The maximum Gasteiger partial charge on any atom is 0.350 e. The monoisotopic (exact) mass is 686 g/mol. The molecule has 0 amide bonds. The summed E-state index contributed by atoms with van der Waals surface area (Å²) in [5.41, 5.74) is -3.17. The van der Waals surface area contributed by atoms with Gasteiger partial charge in [0, 0.05) is 0 Å². The molecule has 8 nitrogen and oxygen atoms in total. The minimum Gasteiger partial charge on any atom is -0.456 e. The topological polar surface area (TPSA) is 105 Å². The molecule has 8 rings (SSSR count). The van der Waals surface area contributed by atoms with Crippen molar-refractivity contribution >= 4 is 23.9 Å². The van der Waals surface area contributed by atoms with Gasteiger partial charge < -0.3 is 18.9 Å². The molecule has 0 heterocycles. The Balaban J connectivity index is 0.000000191. The van der Waals surface area contributed by atoms with E-state index in [-0.39, 0.29) is 23.5 Å². The summed E-state index contributed by atoms with van der Waals surface area (Å²) < 4.78 is 23.1. The molecule has 8 aliphatic carbocycles. The van der Waals surface area contributed by atoms with Gasteiger partial charge in [0.05, 0.1) is 10.8 Å². The smallest absolute Gasteiger partial charge is 0.350 e. The van der Waals surface area contributed by atoms with E-state index in [1.807, 2.05) is 41.5 Å². The van der Waals surface area contributed by atoms with Crippen molar-refractivity contribution in [1.29, 1.82) is 0 Å². The van der Waals surface area contributed by atoms with Gasteiger partial charge in [0.2, 0.25) is 5.60 Å². The van der Waals surface area contributed by atoms with Crippen LogP contribution in [0.15, 0.2) is 0 Å². The lowest BCUT2D eigenvalue weighted by Crippen LogP contribution is -2.59. The SMILES string of the molecule is CCC(C)(C)C(=O)OC(C)(C)C(=O)OC1(C)C2CC3CC(C2)CC1C3.CCC(C)(C)C(=O)OC(C)C(=O)OC1(C)C2CC3CC(C2)CC1C3. The number of hydrogen-bond donors (Lipinski definition) is 0. The standard InChI is InChI=1S/C21H34O4.C20H32O4/c1-7-19(2,3)17(22)24-20(4,5)18(23)25-21(6)15-9-13-8-14(11-15)12-16(21)10-13;1-6-19(3,4)18(22)23-12(2)17(21)24-20(5)15-8-13-7-14(10-15)11-16(20)9-13/h13-16H,7-12H2,1-6H3;12-16H,6-11H2,1-5H3. The fourth-order valence-corrected chi connectivity index (χ4v) is 10.3. The second-order valence-corrected chi connectivity index (χ2v) is 19.2. The van der Waals surface area contributed by atoms with Crippen molar-refractivity contribution in [3.05, 3.63) is 0 Å². The van der Waals surface area contributed by atoms with Crippen LogP contribution in [0.3, 0.4) is 0 Å². The Hall–Kier alpha value is -2.12. The van der Waals surface area contributed by atoms with E-state index in [4.69, 9.17) is 18.9 Å². The fraction of sp³-hybridized carbons (Fsp3) is 0.902. The molecule has 1 atom stereocenters. The van der Waals surface area contributed by atoms with Crippen molar-refractivity contribution < 1.29 is 38.1 Å². The molecule has 0 aromatic heterocycles. The Morgan fingerprint density at radius 1 is 0.571 bits per heavy atom. The van der Waals surface area contributed by atoms with Gasteiger partial charge in [-0.1, -0.05) is 13.8 Å². The number of carbonyl (C=O) groups is 4. The van der Waals surface area contributed by atoms with E-state index in [9.17, 15) is 19.2 Å². The zero-order valence-corrected chi connectivity index (χ0v) is 32.4. The third kappa shape index (κ3) is 7.45. The molecule has 0 radical (unpaired) electrons. The number of rotatable bonds is 10. The molecule has 8 bridgehead atoms. The Bertz CT molecular complexity index is 1220. The molecule has 0 saturated heterocycles. The highest BCUT2D eigenvalue weighted by Crippen LogP contribution is 2.61. The number of hydrogen-bond acceptors (Lipinski definition) is 8. The summed E-state index contributed by atoms with van der Waals surface area (Å²) in [4.78, 5) is 50.1. The normalized spacial score (nSPS) is 37.9. The van der Waals surface area contributed by atoms with Gasteiger partial charge in [-0.3, -0.25) is 9.59 Å². The molecule has 278 valence electrons. The molecule has 0 spiro atoms. The van der Waals surface area contributed by atoms with Crippen LogP contribution in [0.5, 0.6) is 0 Å². The Morgan fingerprint density at radius 2 is 0.918 bits per heavy atom. The molecule has 0 aromatic rings. The van der Waals surface area contributed by atoms with E-state index in [0.717, 1.165) is 23.7 Å². The second-order valence-electron chi connectivity index (χ2n) is 19.2. The van der Waals surface area contributed by atoms with Crippen molar-refractivity contribution in [1.82, 2.24) is 0 Å². The quantitative estimate of drug-likeness (QED) is 0.166. The minimum absolute atomic E-state index is 0.329. The van der Waals surface area contributed by atoms with Crippen LogP contribution in [-0.4, -0.2) is 46.8 Å². The lowest BCUT2D eigenvalue weighted by atomic mass is 9.50. The van der Waals surface area contributed by atoms with Crippen molar-refractivity contribution in [2.45, 2.75) is 176 Å². The van der Waals surface area contributed by atoms with Gasteiger partial charge >= 0.3 is 23.9 Å². The van der Waals surface area contributed by atoms with E-state index in [2.05, 4.69) is 13.8 Å².